The maximum atomic E-state index is 2.45. The monoisotopic (exact) mass is 979 g/mol. The molecule has 3 aromatic carbocycles. The van der Waals surface area contributed by atoms with Gasteiger partial charge in [0, 0.05) is 0 Å². The smallest absolute Gasteiger partial charge is 0.0162 e. The van der Waals surface area contributed by atoms with E-state index in [0.29, 0.717) is 0 Å². The van der Waals surface area contributed by atoms with Crippen LogP contribution in [0, 0.1) is 60.2 Å². The fourth-order valence-corrected chi connectivity index (χ4v) is 16.5. The minimum Gasteiger partial charge on any atom is -0.0654 e. The van der Waals surface area contributed by atoms with Gasteiger partial charge >= 0.3 is 0 Å². The Bertz CT molecular complexity index is 1800. The second-order valence-electron chi connectivity index (χ2n) is 26.1. The molecule has 0 heterocycles. The zero-order valence-electron chi connectivity index (χ0n) is 48.3. The summed E-state index contributed by atoms with van der Waals surface area (Å²) in [6.45, 7) is 13.8. The number of unbranched alkanes of at least 4 members (excludes halogenated alkanes) is 2. The molecule has 9 rings (SSSR count). The van der Waals surface area contributed by atoms with Crippen LogP contribution in [0.1, 0.15) is 304 Å². The summed E-state index contributed by atoms with van der Waals surface area (Å²) in [6, 6.07) is 28.6. The van der Waals surface area contributed by atoms with Crippen LogP contribution in [0.4, 0.5) is 0 Å². The molecular weight excluding hydrogens is 865 g/mol. The molecule has 0 unspecified atom stereocenters. The average molecular weight is 980 g/mol. The van der Waals surface area contributed by atoms with Crippen molar-refractivity contribution < 1.29 is 0 Å². The van der Waals surface area contributed by atoms with Gasteiger partial charge in [-0.3, -0.25) is 0 Å². The van der Waals surface area contributed by atoms with E-state index in [4.69, 9.17) is 0 Å². The van der Waals surface area contributed by atoms with Gasteiger partial charge in [-0.05, 0) is 241 Å². The molecule has 6 saturated carbocycles. The minimum absolute atomic E-state index is 0.840. The van der Waals surface area contributed by atoms with Gasteiger partial charge in [-0.25, -0.2) is 0 Å². The van der Waals surface area contributed by atoms with Gasteiger partial charge in [-0.1, -0.05) is 209 Å². The van der Waals surface area contributed by atoms with Gasteiger partial charge in [-0.2, -0.15) is 0 Å². The first kappa shape index (κ1) is 57.4. The summed E-state index contributed by atoms with van der Waals surface area (Å²) in [5.41, 5.74) is 9.27. The van der Waals surface area contributed by atoms with E-state index >= 15 is 0 Å². The Hall–Kier alpha value is -2.34. The van der Waals surface area contributed by atoms with Gasteiger partial charge in [-0.15, -0.1) is 0 Å². The number of hydrogen-bond acceptors (Lipinski definition) is 0. The van der Waals surface area contributed by atoms with E-state index in [1.54, 1.807) is 22.3 Å². The third-order valence-electron chi connectivity index (χ3n) is 21.1. The summed E-state index contributed by atoms with van der Waals surface area (Å²) in [5.74, 6) is 12.0. The van der Waals surface area contributed by atoms with Crippen LogP contribution >= 0.6 is 0 Å². The molecule has 0 amide bonds. The van der Waals surface area contributed by atoms with Crippen LogP contribution in [-0.2, 0) is 12.8 Å². The molecular formula is C72H114. The average Bonchev–Trinajstić information content (AvgIpc) is 3.43. The van der Waals surface area contributed by atoms with Crippen molar-refractivity contribution in [1.82, 2.24) is 0 Å². The number of hydrogen-bond donors (Lipinski definition) is 0. The van der Waals surface area contributed by atoms with Crippen molar-refractivity contribution in [1.29, 1.82) is 0 Å². The molecule has 6 aliphatic carbocycles. The first-order valence-corrected chi connectivity index (χ1v) is 32.6. The summed E-state index contributed by atoms with van der Waals surface area (Å²) in [5, 5.41) is 0. The van der Waals surface area contributed by atoms with Crippen LogP contribution in [0.15, 0.2) is 72.8 Å². The van der Waals surface area contributed by atoms with Crippen LogP contribution in [0.3, 0.4) is 0 Å². The Kier molecular flexibility index (Phi) is 25.2. The van der Waals surface area contributed by atoms with Crippen molar-refractivity contribution in [3.05, 3.63) is 106 Å². The van der Waals surface area contributed by atoms with E-state index in [1.807, 2.05) is 0 Å². The van der Waals surface area contributed by atoms with Gasteiger partial charge in [0.05, 0.1) is 0 Å². The van der Waals surface area contributed by atoms with Crippen molar-refractivity contribution in [2.45, 2.75) is 290 Å². The lowest BCUT2D eigenvalue weighted by molar-refractivity contribution is 0.156. The Morgan fingerprint density at radius 3 is 0.833 bits per heavy atom. The van der Waals surface area contributed by atoms with Gasteiger partial charge in [0.1, 0.15) is 0 Å². The molecule has 0 radical (unpaired) electrons. The molecule has 72 heavy (non-hydrogen) atoms. The highest BCUT2D eigenvalue weighted by atomic mass is 14.4. The van der Waals surface area contributed by atoms with E-state index in [9.17, 15) is 0 Å². The quantitative estimate of drug-likeness (QED) is 0.111. The summed E-state index contributed by atoms with van der Waals surface area (Å²) in [4.78, 5) is 0. The maximum Gasteiger partial charge on any atom is -0.0162 e. The summed E-state index contributed by atoms with van der Waals surface area (Å²) in [6.07, 6.45) is 52.3. The highest BCUT2D eigenvalue weighted by Crippen LogP contribution is 2.47. The molecule has 0 heteroatoms. The molecule has 0 nitrogen and oxygen atoms in total. The zero-order chi connectivity index (χ0) is 50.3. The molecule has 0 atom stereocenters. The Morgan fingerprint density at radius 1 is 0.278 bits per heavy atom. The normalized spacial score (nSPS) is 31.1. The van der Waals surface area contributed by atoms with E-state index in [0.717, 1.165) is 71.0 Å². The molecule has 6 fully saturated rings. The highest BCUT2D eigenvalue weighted by Gasteiger charge is 2.34. The molecule has 402 valence electrons. The maximum absolute atomic E-state index is 2.45. The van der Waals surface area contributed by atoms with Crippen molar-refractivity contribution in [3.8, 4) is 0 Å². The number of aryl methyl sites for hydroxylation is 3. The second kappa shape index (κ2) is 31.6. The first-order chi connectivity index (χ1) is 35.4. The molecule has 6 aliphatic rings. The van der Waals surface area contributed by atoms with E-state index in [-0.39, 0.29) is 0 Å². The van der Waals surface area contributed by atoms with Gasteiger partial charge in [0.25, 0.3) is 0 Å². The SMILES string of the molecule is CCCC1CCC(C2CCC(c3ccc(C)cc3)CC2)CC1.CCCCCc1ccc(C2CCC(C3CCC(CCC)CC3)CC2)cc1.CCCc1ccc(C2CCC(C3CCC(CCC)CC3)CC2)cc1. The third kappa shape index (κ3) is 18.2. The van der Waals surface area contributed by atoms with E-state index < -0.39 is 0 Å². The lowest BCUT2D eigenvalue weighted by Gasteiger charge is -2.38. The molecule has 0 N–H and O–H groups in total. The second-order valence-corrected chi connectivity index (χ2v) is 26.1. The van der Waals surface area contributed by atoms with E-state index in [1.165, 1.54) is 242 Å². The fraction of sp³-hybridized carbons (Fsp3) is 0.750. The standard InChI is InChI=1S/C26H42.C24H38.C22H34/c1-3-5-6-8-22-11-15-24(16-12-22)26-19-17-25(18-20-26)23-13-9-21(7-4-2)10-14-23;1-3-5-19-7-11-21(12-8-19)23-15-17-24(18-16-23)22-13-9-20(6-4-2)10-14-22;1-3-4-18-7-11-20(12-8-18)22-15-13-21(14-16-22)19-9-5-17(2)6-10-19/h11-12,15-16,21,23,25-26H,3-10,13-14,17-20H2,1-2H3;7-8,11-12,20,22-24H,3-6,9-10,13-18H2,1-2H3;5-6,9-10,18,20-22H,3-4,7-8,11-16H2,1-2H3. The number of benzene rings is 3. The Balaban J connectivity index is 0.000000159. The van der Waals surface area contributed by atoms with Gasteiger partial charge in [0.2, 0.25) is 0 Å². The van der Waals surface area contributed by atoms with Crippen LogP contribution < -0.4 is 0 Å². The highest BCUT2D eigenvalue weighted by molar-refractivity contribution is 5.28. The molecule has 0 aliphatic heterocycles. The third-order valence-corrected chi connectivity index (χ3v) is 21.1. The summed E-state index contributed by atoms with van der Waals surface area (Å²) < 4.78 is 0. The molecule has 0 saturated heterocycles. The van der Waals surface area contributed by atoms with Crippen LogP contribution in [0.5, 0.6) is 0 Å². The van der Waals surface area contributed by atoms with Crippen molar-refractivity contribution in [3.63, 3.8) is 0 Å². The van der Waals surface area contributed by atoms with Gasteiger partial charge < -0.3 is 0 Å². The van der Waals surface area contributed by atoms with Gasteiger partial charge in [0.15, 0.2) is 0 Å². The zero-order valence-corrected chi connectivity index (χ0v) is 48.3. The van der Waals surface area contributed by atoms with Crippen LogP contribution in [-0.4, -0.2) is 0 Å². The fourth-order valence-electron chi connectivity index (χ4n) is 16.5. The van der Waals surface area contributed by atoms with Crippen LogP contribution in [0.2, 0.25) is 0 Å². The lowest BCUT2D eigenvalue weighted by atomic mass is 9.68. The molecule has 3 aromatic rings. The van der Waals surface area contributed by atoms with Crippen molar-refractivity contribution in [2.24, 2.45) is 53.3 Å². The Morgan fingerprint density at radius 2 is 0.556 bits per heavy atom. The van der Waals surface area contributed by atoms with E-state index in [2.05, 4.69) is 114 Å². The molecule has 0 spiro atoms. The number of rotatable bonds is 18. The minimum atomic E-state index is 0.840. The predicted molar refractivity (Wildman–Crippen MR) is 316 cm³/mol. The summed E-state index contributed by atoms with van der Waals surface area (Å²) >= 11 is 0. The topological polar surface area (TPSA) is 0 Å². The largest absolute Gasteiger partial charge is 0.0654 e. The lowest BCUT2D eigenvalue weighted by Crippen LogP contribution is -2.25. The van der Waals surface area contributed by atoms with Crippen LogP contribution in [0.25, 0.3) is 0 Å². The molecule has 0 bridgehead atoms. The summed E-state index contributed by atoms with van der Waals surface area (Å²) in [7, 11) is 0. The van der Waals surface area contributed by atoms with Crippen molar-refractivity contribution >= 4 is 0 Å². The predicted octanol–water partition coefficient (Wildman–Crippen LogP) is 22.7. The first-order valence-electron chi connectivity index (χ1n) is 32.6. The molecule has 0 aromatic heterocycles. The Labute approximate surface area is 447 Å². The van der Waals surface area contributed by atoms with Crippen molar-refractivity contribution in [2.75, 3.05) is 0 Å².